The van der Waals surface area contributed by atoms with Gasteiger partial charge in [0.05, 0.1) is 13.2 Å². The van der Waals surface area contributed by atoms with Crippen LogP contribution in [0.4, 0.5) is 8.78 Å². The molecular formula is C16H18F2N2O. The lowest BCUT2D eigenvalue weighted by atomic mass is 9.97. The maximum atomic E-state index is 13.3. The summed E-state index contributed by atoms with van der Waals surface area (Å²) in [6, 6.07) is 8.75. The fourth-order valence-electron chi connectivity index (χ4n) is 2.34. The fourth-order valence-corrected chi connectivity index (χ4v) is 2.34. The molecule has 21 heavy (non-hydrogen) atoms. The van der Waals surface area contributed by atoms with E-state index in [9.17, 15) is 8.78 Å². The molecular weight excluding hydrogens is 274 g/mol. The fraction of sp³-hybridized carbons (Fsp3) is 0.250. The van der Waals surface area contributed by atoms with Crippen LogP contribution in [0, 0.1) is 18.6 Å². The van der Waals surface area contributed by atoms with Gasteiger partial charge in [-0.2, -0.15) is 0 Å². The molecule has 3 nitrogen and oxygen atoms in total. The summed E-state index contributed by atoms with van der Waals surface area (Å²) in [7, 11) is 1.58. The Bertz CT molecular complexity index is 611. The lowest BCUT2D eigenvalue weighted by Crippen LogP contribution is -2.30. The predicted molar refractivity (Wildman–Crippen MR) is 77.9 cm³/mol. The minimum Gasteiger partial charge on any atom is -0.496 e. The first-order valence-corrected chi connectivity index (χ1v) is 6.59. The Morgan fingerprint density at radius 2 is 1.81 bits per heavy atom. The highest BCUT2D eigenvalue weighted by Gasteiger charge is 2.15. The summed E-state index contributed by atoms with van der Waals surface area (Å²) in [6.07, 6.45) is 0.463. The van der Waals surface area contributed by atoms with Crippen molar-refractivity contribution in [1.82, 2.24) is 5.43 Å². The summed E-state index contributed by atoms with van der Waals surface area (Å²) in [5, 5.41) is 0. The van der Waals surface area contributed by atoms with E-state index < -0.39 is 17.7 Å². The Kier molecular flexibility index (Phi) is 4.88. The second-order valence-corrected chi connectivity index (χ2v) is 4.94. The average molecular weight is 292 g/mol. The van der Waals surface area contributed by atoms with E-state index in [4.69, 9.17) is 10.6 Å². The van der Waals surface area contributed by atoms with E-state index in [-0.39, 0.29) is 0 Å². The standard InChI is InChI=1S/C16H18F2N2O/c1-10-3-4-16(21-2)12(5-10)8-15(20-19)11-6-13(17)9-14(18)7-11/h3-7,9,15,20H,8,19H2,1-2H3. The Hall–Kier alpha value is -1.98. The van der Waals surface area contributed by atoms with E-state index in [1.165, 1.54) is 12.1 Å². The smallest absolute Gasteiger partial charge is 0.126 e. The van der Waals surface area contributed by atoms with Gasteiger partial charge < -0.3 is 4.74 Å². The molecule has 1 unspecified atom stereocenters. The first kappa shape index (κ1) is 15.4. The number of nitrogens with one attached hydrogen (secondary N) is 1. The molecule has 0 heterocycles. The summed E-state index contributed by atoms with van der Waals surface area (Å²) < 4.78 is 32.0. The summed E-state index contributed by atoms with van der Waals surface area (Å²) in [4.78, 5) is 0. The lowest BCUT2D eigenvalue weighted by Gasteiger charge is -2.18. The highest BCUT2D eigenvalue weighted by molar-refractivity contribution is 5.38. The minimum absolute atomic E-state index is 0.411. The molecule has 0 aliphatic rings. The van der Waals surface area contributed by atoms with Crippen molar-refractivity contribution in [2.24, 2.45) is 5.84 Å². The van der Waals surface area contributed by atoms with Crippen LogP contribution in [-0.4, -0.2) is 7.11 Å². The zero-order valence-corrected chi connectivity index (χ0v) is 12.0. The molecule has 2 aromatic carbocycles. The molecule has 0 bridgehead atoms. The van der Waals surface area contributed by atoms with Crippen molar-refractivity contribution in [2.75, 3.05) is 7.11 Å². The Labute approximate surface area is 122 Å². The van der Waals surface area contributed by atoms with Crippen LogP contribution in [0.25, 0.3) is 0 Å². The van der Waals surface area contributed by atoms with Gasteiger partial charge >= 0.3 is 0 Å². The first-order chi connectivity index (χ1) is 10.0. The van der Waals surface area contributed by atoms with Crippen molar-refractivity contribution in [1.29, 1.82) is 0 Å². The maximum Gasteiger partial charge on any atom is 0.126 e. The number of hydrazine groups is 1. The zero-order chi connectivity index (χ0) is 15.4. The van der Waals surface area contributed by atoms with Crippen molar-refractivity contribution in [3.8, 4) is 5.75 Å². The van der Waals surface area contributed by atoms with Crippen molar-refractivity contribution in [3.05, 3.63) is 64.7 Å². The van der Waals surface area contributed by atoms with Gasteiger partial charge in [-0.05, 0) is 42.7 Å². The monoisotopic (exact) mass is 292 g/mol. The molecule has 0 aliphatic heterocycles. The third kappa shape index (κ3) is 3.77. The largest absolute Gasteiger partial charge is 0.496 e. The number of halogens is 2. The highest BCUT2D eigenvalue weighted by atomic mass is 19.1. The molecule has 5 heteroatoms. The number of aryl methyl sites for hydroxylation is 1. The molecule has 0 spiro atoms. The number of rotatable bonds is 5. The van der Waals surface area contributed by atoms with E-state index >= 15 is 0 Å². The van der Waals surface area contributed by atoms with Gasteiger partial charge in [-0.1, -0.05) is 17.7 Å². The second-order valence-electron chi connectivity index (χ2n) is 4.94. The van der Waals surface area contributed by atoms with Crippen LogP contribution in [0.15, 0.2) is 36.4 Å². The summed E-state index contributed by atoms with van der Waals surface area (Å²) in [5.74, 6) is 5.02. The Morgan fingerprint density at radius 3 is 2.38 bits per heavy atom. The molecule has 0 amide bonds. The Balaban J connectivity index is 2.32. The molecule has 1 atom stereocenters. The van der Waals surface area contributed by atoms with Gasteiger partial charge in [0.2, 0.25) is 0 Å². The molecule has 0 saturated heterocycles. The second kappa shape index (κ2) is 6.65. The van der Waals surface area contributed by atoms with Crippen molar-refractivity contribution in [3.63, 3.8) is 0 Å². The van der Waals surface area contributed by atoms with E-state index in [1.54, 1.807) is 7.11 Å². The van der Waals surface area contributed by atoms with Crippen molar-refractivity contribution < 1.29 is 13.5 Å². The van der Waals surface area contributed by atoms with Gasteiger partial charge in [0.15, 0.2) is 0 Å². The van der Waals surface area contributed by atoms with Gasteiger partial charge in [0.25, 0.3) is 0 Å². The zero-order valence-electron chi connectivity index (χ0n) is 12.0. The first-order valence-electron chi connectivity index (χ1n) is 6.59. The van der Waals surface area contributed by atoms with Crippen molar-refractivity contribution >= 4 is 0 Å². The molecule has 0 aliphatic carbocycles. The molecule has 0 fully saturated rings. The van der Waals surface area contributed by atoms with Gasteiger partial charge in [-0.25, -0.2) is 8.78 Å². The Morgan fingerprint density at radius 1 is 1.14 bits per heavy atom. The number of benzene rings is 2. The highest BCUT2D eigenvalue weighted by Crippen LogP contribution is 2.26. The lowest BCUT2D eigenvalue weighted by molar-refractivity contribution is 0.405. The van der Waals surface area contributed by atoms with Crippen LogP contribution in [0.1, 0.15) is 22.7 Å². The van der Waals surface area contributed by atoms with E-state index in [1.807, 2.05) is 25.1 Å². The SMILES string of the molecule is COc1ccc(C)cc1CC(NN)c1cc(F)cc(F)c1. The van der Waals surface area contributed by atoms with Crippen LogP contribution < -0.4 is 16.0 Å². The van der Waals surface area contributed by atoms with Crippen LogP contribution in [0.5, 0.6) is 5.75 Å². The molecule has 0 radical (unpaired) electrons. The number of ether oxygens (including phenoxy) is 1. The third-order valence-corrected chi connectivity index (χ3v) is 3.35. The number of hydrogen-bond acceptors (Lipinski definition) is 3. The molecule has 0 aromatic heterocycles. The maximum absolute atomic E-state index is 13.3. The molecule has 2 rings (SSSR count). The van der Waals surface area contributed by atoms with E-state index in [0.29, 0.717) is 12.0 Å². The van der Waals surface area contributed by atoms with Crippen LogP contribution in [0.3, 0.4) is 0 Å². The quantitative estimate of drug-likeness (QED) is 0.658. The van der Waals surface area contributed by atoms with E-state index in [0.717, 1.165) is 22.9 Å². The van der Waals surface area contributed by atoms with Gasteiger partial charge in [0.1, 0.15) is 17.4 Å². The minimum atomic E-state index is -0.624. The van der Waals surface area contributed by atoms with Crippen LogP contribution in [0.2, 0.25) is 0 Å². The number of hydrogen-bond donors (Lipinski definition) is 2. The van der Waals surface area contributed by atoms with Crippen molar-refractivity contribution in [2.45, 2.75) is 19.4 Å². The van der Waals surface area contributed by atoms with Gasteiger partial charge in [0, 0.05) is 6.07 Å². The topological polar surface area (TPSA) is 47.3 Å². The molecule has 3 N–H and O–H groups in total. The van der Waals surface area contributed by atoms with E-state index in [2.05, 4.69) is 5.43 Å². The summed E-state index contributed by atoms with van der Waals surface area (Å²) in [5.41, 5.74) is 5.06. The number of nitrogens with two attached hydrogens (primary N) is 1. The molecule has 0 saturated carbocycles. The van der Waals surface area contributed by atoms with Gasteiger partial charge in [-0.3, -0.25) is 11.3 Å². The average Bonchev–Trinajstić information content (AvgIpc) is 2.43. The normalized spacial score (nSPS) is 12.2. The molecule has 2 aromatic rings. The molecule has 112 valence electrons. The summed E-state index contributed by atoms with van der Waals surface area (Å²) in [6.45, 7) is 1.97. The predicted octanol–water partition coefficient (Wildman–Crippen LogP) is 3.03. The van der Waals surface area contributed by atoms with Crippen LogP contribution in [-0.2, 0) is 6.42 Å². The summed E-state index contributed by atoms with van der Waals surface area (Å²) >= 11 is 0. The third-order valence-electron chi connectivity index (χ3n) is 3.35. The van der Waals surface area contributed by atoms with Gasteiger partial charge in [-0.15, -0.1) is 0 Å². The number of methoxy groups -OCH3 is 1. The van der Waals surface area contributed by atoms with Crippen LogP contribution >= 0.6 is 0 Å².